The summed E-state index contributed by atoms with van der Waals surface area (Å²) in [5.41, 5.74) is 1.46. The Kier molecular flexibility index (Phi) is 7.70. The molecule has 2 aromatic carbocycles. The number of aliphatic hydroxyl groups is 1. The number of hydrogen-bond acceptors (Lipinski definition) is 5. The lowest BCUT2D eigenvalue weighted by atomic mass is 9.96. The number of nitrogens with zero attached hydrogens (tertiary/aromatic N) is 2. The summed E-state index contributed by atoms with van der Waals surface area (Å²) in [6.07, 6.45) is 2.22. The minimum Gasteiger partial charge on any atom is -0.491 e. The van der Waals surface area contributed by atoms with Crippen molar-refractivity contribution in [3.8, 4) is 17.0 Å². The molecule has 1 fully saturated rings. The number of rotatable bonds is 9. The molecule has 8 nitrogen and oxygen atoms in total. The fourth-order valence-corrected chi connectivity index (χ4v) is 4.56. The predicted octanol–water partition coefficient (Wildman–Crippen LogP) is 4.57. The van der Waals surface area contributed by atoms with Crippen LogP contribution in [0.25, 0.3) is 11.3 Å². The van der Waals surface area contributed by atoms with E-state index in [2.05, 4.69) is 15.3 Å². The van der Waals surface area contributed by atoms with E-state index in [0.717, 1.165) is 3.57 Å². The molecular weight excluding hydrogens is 566 g/mol. The summed E-state index contributed by atoms with van der Waals surface area (Å²) in [4.78, 5) is 35.3. The molecule has 0 spiro atoms. The fraction of sp³-hybridized carbons (Fsp3) is 0.320. The molecule has 0 bridgehead atoms. The van der Waals surface area contributed by atoms with Crippen LogP contribution in [0, 0.1) is 15.3 Å². The monoisotopic (exact) mass is 592 g/mol. The molecule has 10 heteroatoms. The van der Waals surface area contributed by atoms with E-state index in [4.69, 9.17) is 9.84 Å². The number of benzene rings is 2. The molecule has 1 unspecified atom stereocenters. The van der Waals surface area contributed by atoms with Gasteiger partial charge in [0.05, 0.1) is 18.5 Å². The quantitative estimate of drug-likeness (QED) is 0.249. The third kappa shape index (κ3) is 5.18. The van der Waals surface area contributed by atoms with Gasteiger partial charge >= 0.3 is 6.03 Å². The fourth-order valence-electron chi connectivity index (χ4n) is 4.10. The van der Waals surface area contributed by atoms with E-state index in [1.807, 2.05) is 36.4 Å². The van der Waals surface area contributed by atoms with E-state index in [1.165, 1.54) is 17.2 Å². The Labute approximate surface area is 216 Å². The second-order valence-corrected chi connectivity index (χ2v) is 9.61. The maximum Gasteiger partial charge on any atom is 0.325 e. The predicted molar refractivity (Wildman–Crippen MR) is 136 cm³/mol. The largest absolute Gasteiger partial charge is 0.491 e. The maximum absolute atomic E-state index is 14.5. The highest BCUT2D eigenvalue weighted by molar-refractivity contribution is 14.1. The van der Waals surface area contributed by atoms with Crippen LogP contribution in [0.3, 0.4) is 0 Å². The van der Waals surface area contributed by atoms with Crippen LogP contribution in [0.5, 0.6) is 5.75 Å². The Bertz CT molecular complexity index is 1220. The normalized spacial score (nSPS) is 17.4. The molecule has 0 radical (unpaired) electrons. The first-order valence-electron chi connectivity index (χ1n) is 11.3. The van der Waals surface area contributed by atoms with Gasteiger partial charge in [0.2, 0.25) is 0 Å². The topological polar surface area (TPSA) is 108 Å². The van der Waals surface area contributed by atoms with Crippen molar-refractivity contribution in [2.24, 2.45) is 5.92 Å². The van der Waals surface area contributed by atoms with Crippen molar-refractivity contribution < 1.29 is 23.8 Å². The third-order valence-electron chi connectivity index (χ3n) is 6.10. The zero-order valence-corrected chi connectivity index (χ0v) is 21.5. The molecule has 1 aliphatic rings. The molecule has 2 heterocycles. The van der Waals surface area contributed by atoms with Crippen LogP contribution in [-0.2, 0) is 4.79 Å². The smallest absolute Gasteiger partial charge is 0.325 e. The maximum atomic E-state index is 14.5. The highest BCUT2D eigenvalue weighted by Gasteiger charge is 2.45. The Morgan fingerprint density at radius 2 is 1.97 bits per heavy atom. The molecule has 0 saturated carbocycles. The van der Waals surface area contributed by atoms with Crippen LogP contribution in [0.15, 0.2) is 48.7 Å². The molecular formula is C25H26FIN4O4. The number of imide groups is 1. The second-order valence-electron chi connectivity index (χ2n) is 8.37. The molecule has 1 aromatic heterocycles. The number of hydrogen-bond donors (Lipinski definition) is 3. The molecule has 3 N–H and O–H groups in total. The number of aliphatic hydroxyl groups excluding tert-OH is 1. The molecule has 1 aliphatic heterocycles. The van der Waals surface area contributed by atoms with Crippen molar-refractivity contribution >= 4 is 34.5 Å². The van der Waals surface area contributed by atoms with Crippen LogP contribution < -0.4 is 10.1 Å². The van der Waals surface area contributed by atoms with E-state index in [-0.39, 0.29) is 30.9 Å². The summed E-state index contributed by atoms with van der Waals surface area (Å²) < 4.78 is 20.7. The average Bonchev–Trinajstić information content (AvgIpc) is 3.43. The molecule has 3 aromatic rings. The Hall–Kier alpha value is -2.99. The molecule has 3 atom stereocenters. The third-order valence-corrected chi connectivity index (χ3v) is 6.77. The summed E-state index contributed by atoms with van der Waals surface area (Å²) in [6, 6.07) is 9.70. The summed E-state index contributed by atoms with van der Waals surface area (Å²) in [7, 11) is 0. The van der Waals surface area contributed by atoms with Crippen molar-refractivity contribution in [1.29, 1.82) is 0 Å². The highest BCUT2D eigenvalue weighted by atomic mass is 127. The number of carbonyl (C=O) groups excluding carboxylic acids is 2. The van der Waals surface area contributed by atoms with Crippen molar-refractivity contribution in [2.45, 2.75) is 32.4 Å². The van der Waals surface area contributed by atoms with E-state index in [1.54, 1.807) is 36.4 Å². The second kappa shape index (κ2) is 10.7. The first-order valence-corrected chi connectivity index (χ1v) is 12.4. The van der Waals surface area contributed by atoms with Gasteiger partial charge in [-0.15, -0.1) is 0 Å². The van der Waals surface area contributed by atoms with Crippen LogP contribution in [-0.4, -0.2) is 45.1 Å². The van der Waals surface area contributed by atoms with Crippen LogP contribution in [0.4, 0.5) is 9.18 Å². The lowest BCUT2D eigenvalue weighted by molar-refractivity contribution is -0.130. The van der Waals surface area contributed by atoms with E-state index in [0.29, 0.717) is 34.8 Å². The first kappa shape index (κ1) is 25.1. The number of aromatic amines is 1. The number of nitrogens with one attached hydrogen (secondary N) is 2. The highest BCUT2D eigenvalue weighted by Crippen LogP contribution is 2.36. The molecule has 4 rings (SSSR count). The molecule has 35 heavy (non-hydrogen) atoms. The molecule has 1 saturated heterocycles. The standard InChI is InChI=1S/C25H26FIN4O4/c1-3-14(2)22(23-28-13-20(29-23)18-9-6-16(27)12-19(18)26)31-24(33)21(30-25(31)34)15-4-7-17(8-5-15)35-11-10-32/h4-9,12-14,21-22,32H,3,10-11H2,1-2H3,(H,28,29)(H,30,34)/t14-,21?,22-/m0/s1. The van der Waals surface area contributed by atoms with Crippen molar-refractivity contribution in [3.63, 3.8) is 0 Å². The van der Waals surface area contributed by atoms with Crippen LogP contribution in [0.1, 0.15) is 43.7 Å². The zero-order valence-electron chi connectivity index (χ0n) is 19.3. The Morgan fingerprint density at radius 3 is 2.63 bits per heavy atom. The van der Waals surface area contributed by atoms with E-state index >= 15 is 0 Å². The van der Waals surface area contributed by atoms with Crippen LogP contribution in [0.2, 0.25) is 0 Å². The molecule has 3 amide bonds. The molecule has 184 valence electrons. The van der Waals surface area contributed by atoms with Gasteiger partial charge in [-0.1, -0.05) is 32.4 Å². The number of amides is 3. The number of halogens is 2. The average molecular weight is 592 g/mol. The number of ether oxygens (including phenoxy) is 1. The summed E-state index contributed by atoms with van der Waals surface area (Å²) in [6.45, 7) is 3.98. The van der Waals surface area contributed by atoms with Gasteiger partial charge in [0.15, 0.2) is 0 Å². The summed E-state index contributed by atoms with van der Waals surface area (Å²) >= 11 is 2.04. The first-order chi connectivity index (χ1) is 16.8. The van der Waals surface area contributed by atoms with E-state index in [9.17, 15) is 14.0 Å². The number of aromatic nitrogens is 2. The van der Waals surface area contributed by atoms with Crippen LogP contribution >= 0.6 is 22.6 Å². The zero-order chi connectivity index (χ0) is 25.1. The van der Waals surface area contributed by atoms with Crippen molar-refractivity contribution in [2.75, 3.05) is 13.2 Å². The van der Waals surface area contributed by atoms with Gasteiger partial charge in [0, 0.05) is 9.13 Å². The lowest BCUT2D eigenvalue weighted by Gasteiger charge is -2.28. The summed E-state index contributed by atoms with van der Waals surface area (Å²) in [5.74, 6) is 0.110. The number of imidazole rings is 1. The van der Waals surface area contributed by atoms with Crippen molar-refractivity contribution in [3.05, 3.63) is 69.4 Å². The van der Waals surface area contributed by atoms with Crippen molar-refractivity contribution in [1.82, 2.24) is 20.2 Å². The Balaban J connectivity index is 1.62. The number of H-pyrrole nitrogens is 1. The summed E-state index contributed by atoms with van der Waals surface area (Å²) in [5, 5.41) is 11.7. The van der Waals surface area contributed by atoms with Gasteiger partial charge in [0.1, 0.15) is 36.1 Å². The SMILES string of the molecule is CC[C@H](C)[C@@H](c1ncc(-c2ccc(I)cc2F)[nH]1)N1C(=O)NC(c2ccc(OCCO)cc2)C1=O. The van der Waals surface area contributed by atoms with Gasteiger partial charge in [-0.25, -0.2) is 14.2 Å². The Morgan fingerprint density at radius 1 is 1.23 bits per heavy atom. The van der Waals surface area contributed by atoms with Gasteiger partial charge in [-0.2, -0.15) is 0 Å². The van der Waals surface area contributed by atoms with E-state index < -0.39 is 18.1 Å². The van der Waals surface area contributed by atoms with Gasteiger partial charge in [-0.05, 0) is 64.4 Å². The number of urea groups is 1. The minimum atomic E-state index is -0.843. The molecule has 0 aliphatic carbocycles. The van der Waals surface area contributed by atoms with Gasteiger partial charge < -0.3 is 20.1 Å². The lowest BCUT2D eigenvalue weighted by Crippen LogP contribution is -2.38. The number of carbonyl (C=O) groups is 2. The van der Waals surface area contributed by atoms with Gasteiger partial charge in [-0.3, -0.25) is 9.69 Å². The van der Waals surface area contributed by atoms with Gasteiger partial charge in [0.25, 0.3) is 5.91 Å². The minimum absolute atomic E-state index is 0.0988.